The summed E-state index contributed by atoms with van der Waals surface area (Å²) in [6.45, 7) is 5.36. The third-order valence-corrected chi connectivity index (χ3v) is 6.12. The fourth-order valence-corrected chi connectivity index (χ4v) is 4.17. The van der Waals surface area contributed by atoms with Crippen molar-refractivity contribution in [1.82, 2.24) is 15.5 Å². The van der Waals surface area contributed by atoms with E-state index in [4.69, 9.17) is 14.2 Å². The van der Waals surface area contributed by atoms with E-state index in [0.29, 0.717) is 19.1 Å². The van der Waals surface area contributed by atoms with Crippen molar-refractivity contribution in [3.05, 3.63) is 54.1 Å². The number of rotatable bonds is 7. The van der Waals surface area contributed by atoms with Crippen LogP contribution in [0.15, 0.2) is 53.5 Å². The number of hydrogen-bond donors (Lipinski definition) is 2. The van der Waals surface area contributed by atoms with E-state index in [2.05, 4.69) is 32.7 Å². The number of guanidine groups is 1. The lowest BCUT2D eigenvalue weighted by Crippen LogP contribution is -2.47. The second-order valence-electron chi connectivity index (χ2n) is 8.40. The Labute approximate surface area is 213 Å². The maximum atomic E-state index is 6.01. The average Bonchev–Trinajstić information content (AvgIpc) is 2.85. The number of para-hydroxylation sites is 2. The minimum Gasteiger partial charge on any atom is -0.497 e. The second-order valence-corrected chi connectivity index (χ2v) is 8.40. The van der Waals surface area contributed by atoms with Crippen molar-refractivity contribution < 1.29 is 14.2 Å². The zero-order valence-electron chi connectivity index (χ0n) is 19.5. The number of halogens is 1. The molecule has 1 unspecified atom stereocenters. The highest BCUT2D eigenvalue weighted by atomic mass is 127. The molecule has 8 heteroatoms. The lowest BCUT2D eigenvalue weighted by molar-refractivity contribution is 0.0935. The molecule has 2 aliphatic heterocycles. The van der Waals surface area contributed by atoms with Crippen LogP contribution in [0, 0.1) is 5.92 Å². The van der Waals surface area contributed by atoms with E-state index in [1.807, 2.05) is 36.4 Å². The first-order valence-corrected chi connectivity index (χ1v) is 11.4. The Morgan fingerprint density at radius 3 is 2.42 bits per heavy atom. The second kappa shape index (κ2) is 12.9. The topological polar surface area (TPSA) is 67.4 Å². The quantitative estimate of drug-likeness (QED) is 0.304. The molecule has 0 saturated carbocycles. The molecule has 1 atom stereocenters. The van der Waals surface area contributed by atoms with Crippen molar-refractivity contribution in [3.63, 3.8) is 0 Å². The molecule has 0 aliphatic carbocycles. The number of nitrogens with zero attached hydrogens (tertiary/aromatic N) is 2. The Hall–Kier alpha value is -2.20. The normalized spacial score (nSPS) is 18.8. The summed E-state index contributed by atoms with van der Waals surface area (Å²) in [6, 6.07) is 16.2. The van der Waals surface area contributed by atoms with Gasteiger partial charge in [-0.2, -0.15) is 0 Å². The number of hydrogen-bond acceptors (Lipinski definition) is 5. The molecule has 2 heterocycles. The lowest BCUT2D eigenvalue weighted by atomic mass is 9.96. The van der Waals surface area contributed by atoms with Crippen molar-refractivity contribution in [1.29, 1.82) is 0 Å². The third-order valence-electron chi connectivity index (χ3n) is 6.12. The molecule has 2 aromatic rings. The molecule has 0 radical (unpaired) electrons. The van der Waals surface area contributed by atoms with Crippen LogP contribution in [0.4, 0.5) is 0 Å². The molecule has 7 nitrogen and oxygen atoms in total. The number of nitrogens with one attached hydrogen (secondary N) is 2. The Balaban J connectivity index is 0.00000306. The first-order chi connectivity index (χ1) is 15.7. The summed E-state index contributed by atoms with van der Waals surface area (Å²) in [6.07, 6.45) is 2.34. The molecule has 1 saturated heterocycles. The predicted octanol–water partition coefficient (Wildman–Crippen LogP) is 3.53. The van der Waals surface area contributed by atoms with Crippen molar-refractivity contribution in [2.75, 3.05) is 46.9 Å². The molecule has 0 amide bonds. The van der Waals surface area contributed by atoms with Gasteiger partial charge in [-0.3, -0.25) is 9.89 Å². The van der Waals surface area contributed by atoms with E-state index >= 15 is 0 Å². The zero-order chi connectivity index (χ0) is 22.2. The van der Waals surface area contributed by atoms with Crippen LogP contribution >= 0.6 is 24.0 Å². The first-order valence-electron chi connectivity index (χ1n) is 11.4. The number of fused-ring (bicyclic) bond motifs is 1. The predicted molar refractivity (Wildman–Crippen MR) is 142 cm³/mol. The average molecular weight is 566 g/mol. The highest BCUT2D eigenvalue weighted by Crippen LogP contribution is 2.30. The summed E-state index contributed by atoms with van der Waals surface area (Å²) in [7, 11) is 3.51. The molecule has 0 spiro atoms. The van der Waals surface area contributed by atoms with Crippen molar-refractivity contribution in [2.45, 2.75) is 25.5 Å². The number of benzene rings is 2. The molecule has 180 valence electrons. The van der Waals surface area contributed by atoms with Crippen molar-refractivity contribution in [3.8, 4) is 17.2 Å². The Bertz CT molecular complexity index is 885. The van der Waals surface area contributed by atoms with Gasteiger partial charge in [0.1, 0.15) is 18.5 Å². The van der Waals surface area contributed by atoms with Gasteiger partial charge in [0.25, 0.3) is 0 Å². The number of piperidine rings is 1. The van der Waals surface area contributed by atoms with Gasteiger partial charge >= 0.3 is 0 Å². The van der Waals surface area contributed by atoms with Gasteiger partial charge in [-0.1, -0.05) is 24.3 Å². The molecule has 0 aromatic heterocycles. The minimum atomic E-state index is -0.0374. The van der Waals surface area contributed by atoms with Crippen LogP contribution in [0.1, 0.15) is 18.4 Å². The van der Waals surface area contributed by atoms with Gasteiger partial charge in [0.15, 0.2) is 17.5 Å². The Morgan fingerprint density at radius 2 is 1.73 bits per heavy atom. The maximum Gasteiger partial charge on any atom is 0.191 e. The Morgan fingerprint density at radius 1 is 1.03 bits per heavy atom. The van der Waals surface area contributed by atoms with Crippen LogP contribution in [-0.2, 0) is 6.54 Å². The van der Waals surface area contributed by atoms with Crippen LogP contribution in [0.25, 0.3) is 0 Å². The fourth-order valence-electron chi connectivity index (χ4n) is 4.17. The molecule has 4 rings (SSSR count). The smallest absolute Gasteiger partial charge is 0.191 e. The van der Waals surface area contributed by atoms with Crippen molar-refractivity contribution in [2.24, 2.45) is 10.9 Å². The van der Waals surface area contributed by atoms with Gasteiger partial charge in [-0.15, -0.1) is 24.0 Å². The number of aliphatic imine (C=N–C) groups is 1. The Kier molecular flexibility index (Phi) is 9.93. The van der Waals surface area contributed by atoms with E-state index in [9.17, 15) is 0 Å². The molecule has 2 N–H and O–H groups in total. The summed E-state index contributed by atoms with van der Waals surface area (Å²) in [5.74, 6) is 3.99. The van der Waals surface area contributed by atoms with Gasteiger partial charge in [-0.05, 0) is 61.7 Å². The lowest BCUT2D eigenvalue weighted by Gasteiger charge is -2.32. The maximum absolute atomic E-state index is 6.01. The van der Waals surface area contributed by atoms with E-state index in [0.717, 1.165) is 49.4 Å². The summed E-state index contributed by atoms with van der Waals surface area (Å²) in [4.78, 5) is 6.89. The molecule has 0 bridgehead atoms. The molecule has 2 aromatic carbocycles. The van der Waals surface area contributed by atoms with Crippen LogP contribution in [0.5, 0.6) is 17.2 Å². The van der Waals surface area contributed by atoms with Crippen LogP contribution in [0.3, 0.4) is 0 Å². The van der Waals surface area contributed by atoms with Gasteiger partial charge in [0, 0.05) is 20.1 Å². The molecule has 2 aliphatic rings. The number of likely N-dealkylation sites (tertiary alicyclic amines) is 1. The fraction of sp³-hybridized carbons (Fsp3) is 0.480. The van der Waals surface area contributed by atoms with Crippen molar-refractivity contribution >= 4 is 29.9 Å². The van der Waals surface area contributed by atoms with E-state index in [1.165, 1.54) is 18.4 Å². The molecular weight excluding hydrogens is 531 g/mol. The first kappa shape index (κ1) is 25.4. The van der Waals surface area contributed by atoms with Gasteiger partial charge in [-0.25, -0.2) is 0 Å². The standard InChI is InChI=1S/C25H34N4O3.HI/c1-26-25(28-16-22-18-31-23-5-3-4-6-24(23)32-22)27-15-19-11-13-29(14-12-19)17-20-7-9-21(30-2)10-8-20;/h3-10,19,22H,11-18H2,1-2H3,(H2,26,27,28);1H. The van der Waals surface area contributed by atoms with E-state index in [1.54, 1.807) is 14.2 Å². The molecular formula is C25H35IN4O3. The summed E-state index contributed by atoms with van der Waals surface area (Å²) in [5.41, 5.74) is 1.34. The zero-order valence-corrected chi connectivity index (χ0v) is 21.8. The number of methoxy groups -OCH3 is 1. The summed E-state index contributed by atoms with van der Waals surface area (Å²) >= 11 is 0. The van der Waals surface area contributed by atoms with E-state index in [-0.39, 0.29) is 30.1 Å². The minimum absolute atomic E-state index is 0. The highest BCUT2D eigenvalue weighted by molar-refractivity contribution is 14.0. The van der Waals surface area contributed by atoms with Gasteiger partial charge < -0.3 is 24.8 Å². The van der Waals surface area contributed by atoms with E-state index < -0.39 is 0 Å². The largest absolute Gasteiger partial charge is 0.497 e. The summed E-state index contributed by atoms with van der Waals surface area (Å²) < 4.78 is 17.0. The summed E-state index contributed by atoms with van der Waals surface area (Å²) in [5, 5.41) is 6.86. The molecule has 33 heavy (non-hydrogen) atoms. The monoisotopic (exact) mass is 566 g/mol. The van der Waals surface area contributed by atoms with Gasteiger partial charge in [0.2, 0.25) is 0 Å². The van der Waals surface area contributed by atoms with Crippen LogP contribution in [0.2, 0.25) is 0 Å². The SMILES string of the molecule is CN=C(NCC1CCN(Cc2ccc(OC)cc2)CC1)NCC1COc2ccccc2O1.I. The van der Waals surface area contributed by atoms with Gasteiger partial charge in [0.05, 0.1) is 13.7 Å². The third kappa shape index (κ3) is 7.40. The molecule has 1 fully saturated rings. The number of ether oxygens (including phenoxy) is 3. The van der Waals surface area contributed by atoms with Crippen LogP contribution < -0.4 is 24.8 Å². The van der Waals surface area contributed by atoms with Crippen LogP contribution in [-0.4, -0.2) is 63.9 Å². The highest BCUT2D eigenvalue weighted by Gasteiger charge is 2.22.